The van der Waals surface area contributed by atoms with Crippen molar-refractivity contribution in [3.05, 3.63) is 98.2 Å². The van der Waals surface area contributed by atoms with Crippen LogP contribution in [0.3, 0.4) is 0 Å². The molecule has 1 aliphatic heterocycles. The molecule has 1 fully saturated rings. The van der Waals surface area contributed by atoms with Crippen LogP contribution in [0, 0.1) is 23.1 Å². The van der Waals surface area contributed by atoms with E-state index in [1.807, 2.05) is 41.8 Å². The molecule has 3 heterocycles. The van der Waals surface area contributed by atoms with Crippen LogP contribution >= 0.6 is 11.3 Å². The number of rotatable bonds is 5. The minimum atomic E-state index is -0.364. The molecule has 0 saturated carbocycles. The largest absolute Gasteiger partial charge is 0.370 e. The summed E-state index contributed by atoms with van der Waals surface area (Å²) in [5, 5.41) is 12.7. The van der Waals surface area contributed by atoms with E-state index in [1.165, 1.54) is 23.5 Å². The third kappa shape index (κ3) is 4.02. The second kappa shape index (κ2) is 9.24. The quantitative estimate of drug-likeness (QED) is 0.374. The van der Waals surface area contributed by atoms with Crippen LogP contribution in [0.1, 0.15) is 33.6 Å². The number of halogens is 1. The van der Waals surface area contributed by atoms with E-state index in [4.69, 9.17) is 0 Å². The van der Waals surface area contributed by atoms with Crippen molar-refractivity contribution < 1.29 is 9.18 Å². The summed E-state index contributed by atoms with van der Waals surface area (Å²) in [5.41, 5.74) is 1.88. The standard InChI is InChI=1S/C27H22FN3O2S/c28-20-9-7-18(8-10-20)17-31-23-5-2-1-4-21(23)25(22(16-29)27(31)33)30-13-11-19(12-14-30)26(32)24-6-3-15-34-24/h1-10,15,19H,11-14,17H2. The van der Waals surface area contributed by atoms with Crippen LogP contribution < -0.4 is 10.5 Å². The fourth-order valence-corrected chi connectivity index (χ4v) is 5.48. The first kappa shape index (κ1) is 22.1. The van der Waals surface area contributed by atoms with E-state index in [0.29, 0.717) is 31.6 Å². The fourth-order valence-electron chi connectivity index (χ4n) is 4.73. The van der Waals surface area contributed by atoms with Gasteiger partial charge in [0.1, 0.15) is 17.4 Å². The molecule has 34 heavy (non-hydrogen) atoms. The molecule has 0 aliphatic carbocycles. The summed E-state index contributed by atoms with van der Waals surface area (Å²) in [6.45, 7) is 1.44. The van der Waals surface area contributed by atoms with E-state index >= 15 is 0 Å². The topological polar surface area (TPSA) is 66.1 Å². The Balaban J connectivity index is 1.51. The molecule has 5 rings (SSSR count). The Hall–Kier alpha value is -3.76. The number of para-hydroxylation sites is 1. The van der Waals surface area contributed by atoms with E-state index in [2.05, 4.69) is 11.0 Å². The minimum absolute atomic E-state index is 0.0504. The number of ketones is 1. The molecular formula is C27H22FN3O2S. The lowest BCUT2D eigenvalue weighted by molar-refractivity contribution is 0.0905. The average Bonchev–Trinajstić information content (AvgIpc) is 3.41. The van der Waals surface area contributed by atoms with Crippen LogP contribution in [0.2, 0.25) is 0 Å². The van der Waals surface area contributed by atoms with Crippen molar-refractivity contribution >= 4 is 33.7 Å². The summed E-state index contributed by atoms with van der Waals surface area (Å²) in [6.07, 6.45) is 1.35. The third-order valence-electron chi connectivity index (χ3n) is 6.46. The van der Waals surface area contributed by atoms with Gasteiger partial charge in [-0.3, -0.25) is 9.59 Å². The van der Waals surface area contributed by atoms with E-state index in [9.17, 15) is 19.2 Å². The third-order valence-corrected chi connectivity index (χ3v) is 7.34. The average molecular weight is 472 g/mol. The maximum atomic E-state index is 13.5. The van der Waals surface area contributed by atoms with Gasteiger partial charge in [0, 0.05) is 24.4 Å². The fraction of sp³-hybridized carbons (Fsp3) is 0.222. The zero-order valence-electron chi connectivity index (χ0n) is 18.4. The molecule has 0 amide bonds. The van der Waals surface area contributed by atoms with Gasteiger partial charge in [-0.1, -0.05) is 36.4 Å². The second-order valence-electron chi connectivity index (χ2n) is 8.47. The summed E-state index contributed by atoms with van der Waals surface area (Å²) in [7, 11) is 0. The van der Waals surface area contributed by atoms with Gasteiger partial charge >= 0.3 is 0 Å². The lowest BCUT2D eigenvalue weighted by Gasteiger charge is -2.34. The molecule has 0 N–H and O–H groups in total. The second-order valence-corrected chi connectivity index (χ2v) is 9.42. The van der Waals surface area contributed by atoms with Gasteiger partial charge < -0.3 is 9.47 Å². The van der Waals surface area contributed by atoms with Crippen LogP contribution in [-0.2, 0) is 6.54 Å². The smallest absolute Gasteiger partial charge is 0.271 e. The predicted molar refractivity (Wildman–Crippen MR) is 132 cm³/mol. The molecule has 0 atom stereocenters. The number of hydrogen-bond donors (Lipinski definition) is 0. The highest BCUT2D eigenvalue weighted by Gasteiger charge is 2.29. The highest BCUT2D eigenvalue weighted by molar-refractivity contribution is 7.12. The molecule has 0 spiro atoms. The number of benzene rings is 2. The number of nitrogens with zero attached hydrogens (tertiary/aromatic N) is 3. The maximum Gasteiger partial charge on any atom is 0.271 e. The molecule has 170 valence electrons. The van der Waals surface area contributed by atoms with Gasteiger partial charge in [-0.05, 0) is 48.1 Å². The SMILES string of the molecule is N#Cc1c(N2CCC(C(=O)c3cccs3)CC2)c2ccccc2n(Cc2ccc(F)cc2)c1=O. The molecule has 2 aromatic heterocycles. The van der Waals surface area contributed by atoms with Gasteiger partial charge in [-0.2, -0.15) is 5.26 Å². The van der Waals surface area contributed by atoms with Gasteiger partial charge in [-0.25, -0.2) is 4.39 Å². The number of carbonyl (C=O) groups excluding carboxylic acids is 1. The molecule has 0 unspecified atom stereocenters. The minimum Gasteiger partial charge on any atom is -0.370 e. The monoisotopic (exact) mass is 471 g/mol. The van der Waals surface area contributed by atoms with Crippen LogP contribution in [-0.4, -0.2) is 23.4 Å². The number of aromatic nitrogens is 1. The van der Waals surface area contributed by atoms with Crippen molar-refractivity contribution in [2.24, 2.45) is 5.92 Å². The van der Waals surface area contributed by atoms with Crippen LogP contribution in [0.5, 0.6) is 0 Å². The van der Waals surface area contributed by atoms with Crippen molar-refractivity contribution in [1.29, 1.82) is 5.26 Å². The zero-order valence-corrected chi connectivity index (χ0v) is 19.2. The van der Waals surface area contributed by atoms with E-state index in [1.54, 1.807) is 16.7 Å². The number of fused-ring (bicyclic) bond motifs is 1. The summed E-state index contributed by atoms with van der Waals surface area (Å²) in [6, 6.07) is 19.5. The zero-order chi connectivity index (χ0) is 23.7. The van der Waals surface area contributed by atoms with Crippen LogP contribution in [0.25, 0.3) is 10.9 Å². The Kier molecular flexibility index (Phi) is 5.99. The summed E-state index contributed by atoms with van der Waals surface area (Å²) in [5.74, 6) is -0.213. The van der Waals surface area contributed by atoms with Gasteiger partial charge in [0.25, 0.3) is 5.56 Å². The van der Waals surface area contributed by atoms with Crippen LogP contribution in [0.4, 0.5) is 10.1 Å². The van der Waals surface area contributed by atoms with Crippen molar-refractivity contribution in [3.8, 4) is 6.07 Å². The van der Waals surface area contributed by atoms with Crippen LogP contribution in [0.15, 0.2) is 70.8 Å². The number of carbonyl (C=O) groups is 1. The highest BCUT2D eigenvalue weighted by atomic mass is 32.1. The lowest BCUT2D eigenvalue weighted by atomic mass is 9.91. The number of anilines is 1. The Morgan fingerprint density at radius 3 is 2.47 bits per heavy atom. The van der Waals surface area contributed by atoms with Gasteiger partial charge in [0.05, 0.1) is 22.6 Å². The molecular weight excluding hydrogens is 449 g/mol. The molecule has 0 radical (unpaired) electrons. The van der Waals surface area contributed by atoms with Crippen molar-refractivity contribution in [2.45, 2.75) is 19.4 Å². The number of piperidine rings is 1. The van der Waals surface area contributed by atoms with E-state index in [-0.39, 0.29) is 35.2 Å². The lowest BCUT2D eigenvalue weighted by Crippen LogP contribution is -2.38. The maximum absolute atomic E-state index is 13.5. The first-order valence-corrected chi connectivity index (χ1v) is 12.1. The van der Waals surface area contributed by atoms with Crippen molar-refractivity contribution in [2.75, 3.05) is 18.0 Å². The molecule has 1 saturated heterocycles. The Labute approximate surface area is 200 Å². The number of nitriles is 1. The molecule has 7 heteroatoms. The number of hydrogen-bond acceptors (Lipinski definition) is 5. The Morgan fingerprint density at radius 2 is 1.79 bits per heavy atom. The molecule has 2 aromatic carbocycles. The summed E-state index contributed by atoms with van der Waals surface area (Å²) in [4.78, 5) is 29.1. The Morgan fingerprint density at radius 1 is 1.06 bits per heavy atom. The molecule has 1 aliphatic rings. The highest BCUT2D eigenvalue weighted by Crippen LogP contribution is 2.33. The van der Waals surface area contributed by atoms with Gasteiger partial charge in [0.2, 0.25) is 0 Å². The molecule has 5 nitrogen and oxygen atoms in total. The van der Waals surface area contributed by atoms with Gasteiger partial charge in [-0.15, -0.1) is 11.3 Å². The van der Waals surface area contributed by atoms with E-state index < -0.39 is 0 Å². The summed E-state index contributed by atoms with van der Waals surface area (Å²) < 4.78 is 14.9. The number of Topliss-reactive ketones (excluding diaryl/α,β-unsaturated/α-hetero) is 1. The first-order chi connectivity index (χ1) is 16.6. The van der Waals surface area contributed by atoms with Crippen molar-refractivity contribution in [1.82, 2.24) is 4.57 Å². The Bertz CT molecular complexity index is 1440. The molecule has 0 bridgehead atoms. The predicted octanol–water partition coefficient (Wildman–Crippen LogP) is 5.22. The normalized spacial score (nSPS) is 14.3. The molecule has 4 aromatic rings. The number of thiophene rings is 1. The first-order valence-electron chi connectivity index (χ1n) is 11.2. The van der Waals surface area contributed by atoms with Crippen molar-refractivity contribution in [3.63, 3.8) is 0 Å². The number of pyridine rings is 1. The summed E-state index contributed by atoms with van der Waals surface area (Å²) >= 11 is 1.46. The van der Waals surface area contributed by atoms with E-state index in [0.717, 1.165) is 21.3 Å². The van der Waals surface area contributed by atoms with Gasteiger partial charge in [0.15, 0.2) is 5.78 Å².